The maximum atomic E-state index is 12.6. The Labute approximate surface area is 191 Å². The lowest BCUT2D eigenvalue weighted by Gasteiger charge is -2.18. The summed E-state index contributed by atoms with van der Waals surface area (Å²) in [6.45, 7) is 2.01. The largest absolute Gasteiger partial charge is 0.750 e. The maximum absolute atomic E-state index is 12.6. The minimum Gasteiger partial charge on any atom is -0.352 e. The summed E-state index contributed by atoms with van der Waals surface area (Å²) in [5.41, 5.74) is -0.0774. The molecule has 9 nitrogen and oxygen atoms in total. The Morgan fingerprint density at radius 1 is 1.15 bits per heavy atom. The Bertz CT molecular complexity index is 1170. The first-order valence-electron chi connectivity index (χ1n) is 10.4. The van der Waals surface area contributed by atoms with E-state index in [0.29, 0.717) is 17.7 Å². The van der Waals surface area contributed by atoms with Crippen molar-refractivity contribution in [2.24, 2.45) is 5.92 Å². The van der Waals surface area contributed by atoms with Gasteiger partial charge in [0.25, 0.3) is 5.91 Å². The molecule has 1 fully saturated rings. The van der Waals surface area contributed by atoms with Crippen molar-refractivity contribution in [3.05, 3.63) is 89.0 Å². The van der Waals surface area contributed by atoms with Gasteiger partial charge in [0.05, 0.1) is 6.10 Å². The van der Waals surface area contributed by atoms with Gasteiger partial charge in [0.15, 0.2) is 5.75 Å². The van der Waals surface area contributed by atoms with Gasteiger partial charge in [0.2, 0.25) is 0 Å². The molecule has 0 aliphatic carbocycles. The second-order valence-electron chi connectivity index (χ2n) is 7.61. The van der Waals surface area contributed by atoms with Gasteiger partial charge >= 0.3 is 13.9 Å². The lowest BCUT2D eigenvalue weighted by molar-refractivity contribution is -0.0295. The van der Waals surface area contributed by atoms with Crippen LogP contribution in [0.5, 0.6) is 5.75 Å². The van der Waals surface area contributed by atoms with Gasteiger partial charge in [0.1, 0.15) is 18.7 Å². The number of anilines is 1. The van der Waals surface area contributed by atoms with Crippen LogP contribution in [0.3, 0.4) is 0 Å². The average molecular weight is 468 g/mol. The topological polar surface area (TPSA) is 109 Å². The highest BCUT2D eigenvalue weighted by Gasteiger charge is 2.37. The number of benzene rings is 2. The lowest BCUT2D eigenvalue weighted by atomic mass is 10.1. The van der Waals surface area contributed by atoms with Crippen molar-refractivity contribution in [3.8, 4) is 5.75 Å². The number of aromatic nitrogens is 2. The van der Waals surface area contributed by atoms with E-state index in [0.717, 1.165) is 0 Å². The van der Waals surface area contributed by atoms with E-state index in [-0.39, 0.29) is 30.4 Å². The predicted octanol–water partition coefficient (Wildman–Crippen LogP) is 4.17. The average Bonchev–Trinajstić information content (AvgIpc) is 3.19. The Hall–Kier alpha value is -3.39. The van der Waals surface area contributed by atoms with Gasteiger partial charge in [-0.15, -0.1) is 4.52 Å². The number of ether oxygens (including phenoxy) is 1. The van der Waals surface area contributed by atoms with Crippen LogP contribution in [0.2, 0.25) is 0 Å². The molecule has 0 radical (unpaired) electrons. The van der Waals surface area contributed by atoms with Gasteiger partial charge in [-0.2, -0.15) is 4.98 Å². The Balaban J connectivity index is 1.33. The molecule has 1 aliphatic rings. The van der Waals surface area contributed by atoms with Crippen molar-refractivity contribution >= 4 is 20.0 Å². The van der Waals surface area contributed by atoms with Crippen LogP contribution in [0, 0.1) is 5.92 Å². The minimum absolute atomic E-state index is 0.00391. The molecule has 2 aromatic carbocycles. The minimum atomic E-state index is -2.35. The van der Waals surface area contributed by atoms with E-state index in [1.165, 1.54) is 4.57 Å². The fourth-order valence-electron chi connectivity index (χ4n) is 3.56. The zero-order valence-electron chi connectivity index (χ0n) is 17.9. The molecule has 1 aliphatic heterocycles. The number of amides is 1. The number of carbonyl (C=O) groups excluding carboxylic acids is 1. The SMILES string of the molecule is C[C@H]1C[C@@H](CO[P+](=O)Oc2ccccc2)O[C@H]1n1ccc(NC(=O)c2ccccc2)nc1=O. The third kappa shape index (κ3) is 5.90. The predicted molar refractivity (Wildman–Crippen MR) is 121 cm³/mol. The molecule has 4 atom stereocenters. The van der Waals surface area contributed by atoms with E-state index in [9.17, 15) is 14.2 Å². The van der Waals surface area contributed by atoms with Crippen LogP contribution in [-0.4, -0.2) is 28.2 Å². The summed E-state index contributed by atoms with van der Waals surface area (Å²) in [6, 6.07) is 19.0. The number of rotatable bonds is 8. The summed E-state index contributed by atoms with van der Waals surface area (Å²) < 4.78 is 29.9. The van der Waals surface area contributed by atoms with Gasteiger partial charge in [-0.25, -0.2) is 9.32 Å². The van der Waals surface area contributed by atoms with Crippen molar-refractivity contribution in [1.29, 1.82) is 0 Å². The smallest absolute Gasteiger partial charge is 0.352 e. The number of para-hydroxylation sites is 1. The maximum Gasteiger partial charge on any atom is 0.750 e. The van der Waals surface area contributed by atoms with E-state index in [1.807, 2.05) is 19.1 Å². The summed E-state index contributed by atoms with van der Waals surface area (Å²) in [7, 11) is -2.35. The molecule has 3 aromatic rings. The molecule has 1 unspecified atom stereocenters. The molecular formula is C23H23N3O6P+. The van der Waals surface area contributed by atoms with Crippen molar-refractivity contribution < 1.29 is 23.1 Å². The molecule has 0 spiro atoms. The third-order valence-corrected chi connectivity index (χ3v) is 5.84. The third-order valence-electron chi connectivity index (χ3n) is 5.12. The van der Waals surface area contributed by atoms with Crippen LogP contribution in [0.15, 0.2) is 77.7 Å². The number of nitrogens with zero attached hydrogens (tertiary/aromatic N) is 2. The van der Waals surface area contributed by atoms with Crippen molar-refractivity contribution in [2.75, 3.05) is 11.9 Å². The summed E-state index contributed by atoms with van der Waals surface area (Å²) in [6.07, 6.45) is 1.25. The van der Waals surface area contributed by atoms with Gasteiger partial charge in [-0.05, 0) is 36.8 Å². The fourth-order valence-corrected chi connectivity index (χ4v) is 4.19. The highest BCUT2D eigenvalue weighted by Crippen LogP contribution is 2.35. The zero-order valence-corrected chi connectivity index (χ0v) is 18.8. The Kier molecular flexibility index (Phi) is 7.24. The van der Waals surface area contributed by atoms with Crippen LogP contribution >= 0.6 is 8.25 Å². The van der Waals surface area contributed by atoms with Crippen molar-refractivity contribution in [1.82, 2.24) is 9.55 Å². The van der Waals surface area contributed by atoms with E-state index >= 15 is 0 Å². The molecule has 0 saturated carbocycles. The second kappa shape index (κ2) is 10.5. The van der Waals surface area contributed by atoms with Crippen LogP contribution < -0.4 is 15.5 Å². The summed E-state index contributed by atoms with van der Waals surface area (Å²) in [5.74, 6) is 0.255. The molecule has 33 heavy (non-hydrogen) atoms. The highest BCUT2D eigenvalue weighted by molar-refractivity contribution is 7.33. The molecule has 1 amide bonds. The molecule has 10 heteroatoms. The van der Waals surface area contributed by atoms with Gasteiger partial charge in [-0.3, -0.25) is 9.36 Å². The Morgan fingerprint density at radius 2 is 1.85 bits per heavy atom. The highest BCUT2D eigenvalue weighted by atomic mass is 31.1. The van der Waals surface area contributed by atoms with E-state index in [2.05, 4.69) is 10.3 Å². The molecule has 0 bridgehead atoms. The number of hydrogen-bond donors (Lipinski definition) is 1. The molecule has 1 aromatic heterocycles. The summed E-state index contributed by atoms with van der Waals surface area (Å²) in [4.78, 5) is 28.8. The molecule has 1 saturated heterocycles. The number of nitrogens with one attached hydrogen (secondary N) is 1. The molecule has 1 N–H and O–H groups in total. The fraction of sp³-hybridized carbons (Fsp3) is 0.261. The summed E-state index contributed by atoms with van der Waals surface area (Å²) >= 11 is 0. The Morgan fingerprint density at radius 3 is 2.55 bits per heavy atom. The summed E-state index contributed by atoms with van der Waals surface area (Å²) in [5, 5.41) is 2.62. The van der Waals surface area contributed by atoms with E-state index < -0.39 is 20.2 Å². The van der Waals surface area contributed by atoms with Crippen LogP contribution in [0.25, 0.3) is 0 Å². The molecular weight excluding hydrogens is 445 g/mol. The van der Waals surface area contributed by atoms with Gasteiger partial charge < -0.3 is 10.1 Å². The first-order chi connectivity index (χ1) is 16.0. The van der Waals surface area contributed by atoms with Crippen molar-refractivity contribution in [3.63, 3.8) is 0 Å². The molecule has 2 heterocycles. The van der Waals surface area contributed by atoms with E-state index in [1.54, 1.807) is 60.8 Å². The lowest BCUT2D eigenvalue weighted by Crippen LogP contribution is -2.30. The molecule has 4 rings (SSSR count). The molecule has 170 valence electrons. The van der Waals surface area contributed by atoms with Gasteiger partial charge in [0, 0.05) is 22.2 Å². The first kappa shape index (κ1) is 22.8. The normalized spacial score (nSPS) is 20.3. The quantitative estimate of drug-likeness (QED) is 0.494. The van der Waals surface area contributed by atoms with Crippen LogP contribution in [-0.2, 0) is 13.8 Å². The van der Waals surface area contributed by atoms with Crippen LogP contribution in [0.4, 0.5) is 5.82 Å². The van der Waals surface area contributed by atoms with Gasteiger partial charge in [-0.1, -0.05) is 43.3 Å². The standard InChI is InChI=1S/C23H22N3O6P/c1-16-14-19(15-30-33(29)32-18-10-6-3-7-11-18)31-22(16)26-13-12-20(25-23(26)28)24-21(27)17-8-4-2-5-9-17/h2-13,16,19,22H,14-15H2,1H3/p+1/t16-,19-,22+/m0/s1. The number of hydrogen-bond acceptors (Lipinski definition) is 7. The zero-order chi connectivity index (χ0) is 23.2. The van der Waals surface area contributed by atoms with Crippen molar-refractivity contribution in [2.45, 2.75) is 25.7 Å². The first-order valence-corrected chi connectivity index (χ1v) is 11.5. The second-order valence-corrected chi connectivity index (χ2v) is 8.50. The van der Waals surface area contributed by atoms with E-state index in [4.69, 9.17) is 13.8 Å². The number of carbonyl (C=O) groups is 1. The monoisotopic (exact) mass is 468 g/mol. The van der Waals surface area contributed by atoms with Crippen LogP contribution in [0.1, 0.15) is 29.9 Å².